The molecule has 1 atom stereocenters. The number of nitrogens with zero attached hydrogens (tertiary/aromatic N) is 2. The van der Waals surface area contributed by atoms with Gasteiger partial charge in [0.2, 0.25) is 0 Å². The van der Waals surface area contributed by atoms with Crippen molar-refractivity contribution in [1.29, 1.82) is 0 Å². The fourth-order valence-electron chi connectivity index (χ4n) is 2.07. The fourth-order valence-corrected chi connectivity index (χ4v) is 2.07. The average molecular weight is 293 g/mol. The minimum absolute atomic E-state index is 0.208. The lowest BCUT2D eigenvalue weighted by Crippen LogP contribution is -2.36. The number of ether oxygens (including phenoxy) is 2. The summed E-state index contributed by atoms with van der Waals surface area (Å²) >= 11 is 0. The van der Waals surface area contributed by atoms with Gasteiger partial charge >= 0.3 is 0 Å². The number of aliphatic hydroxyl groups is 1. The molecule has 0 aromatic heterocycles. The van der Waals surface area contributed by atoms with Gasteiger partial charge in [0.1, 0.15) is 11.5 Å². The Morgan fingerprint density at radius 2 is 1.90 bits per heavy atom. The van der Waals surface area contributed by atoms with E-state index in [1.807, 2.05) is 11.9 Å². The van der Waals surface area contributed by atoms with Crippen LogP contribution in [0.15, 0.2) is 23.2 Å². The third kappa shape index (κ3) is 4.01. The van der Waals surface area contributed by atoms with Crippen LogP contribution in [0.3, 0.4) is 0 Å². The smallest absolute Gasteiger partial charge is 0.191 e. The van der Waals surface area contributed by atoms with Gasteiger partial charge in [0.25, 0.3) is 0 Å². The molecule has 6 nitrogen and oxygen atoms in total. The van der Waals surface area contributed by atoms with E-state index in [-0.39, 0.29) is 6.54 Å². The van der Waals surface area contributed by atoms with Crippen molar-refractivity contribution in [3.63, 3.8) is 0 Å². The summed E-state index contributed by atoms with van der Waals surface area (Å²) in [5.41, 5.74) is 6.60. The highest BCUT2D eigenvalue weighted by atomic mass is 16.5. The van der Waals surface area contributed by atoms with E-state index in [1.165, 1.54) is 0 Å². The molecule has 1 aromatic rings. The van der Waals surface area contributed by atoms with Crippen LogP contribution in [-0.4, -0.2) is 49.8 Å². The molecule has 21 heavy (non-hydrogen) atoms. The van der Waals surface area contributed by atoms with Crippen LogP contribution >= 0.6 is 0 Å². The monoisotopic (exact) mass is 293 g/mol. The molecular weight excluding hydrogens is 270 g/mol. The molecule has 0 heterocycles. The van der Waals surface area contributed by atoms with Gasteiger partial charge in [-0.05, 0) is 30.5 Å². The van der Waals surface area contributed by atoms with E-state index in [2.05, 4.69) is 4.99 Å². The Morgan fingerprint density at radius 1 is 1.33 bits per heavy atom. The third-order valence-electron chi connectivity index (χ3n) is 3.64. The Hall–Kier alpha value is -1.95. The number of aliphatic hydroxyl groups excluding tert-OH is 1. The van der Waals surface area contributed by atoms with Crippen molar-refractivity contribution in [3.05, 3.63) is 23.8 Å². The highest BCUT2D eigenvalue weighted by Gasteiger charge is 2.27. The first-order chi connectivity index (χ1) is 10.0. The maximum absolute atomic E-state index is 10.3. The molecule has 1 aromatic carbocycles. The number of rotatable bonds is 6. The first kappa shape index (κ1) is 15.4. The predicted molar refractivity (Wildman–Crippen MR) is 81.8 cm³/mol. The van der Waals surface area contributed by atoms with Gasteiger partial charge < -0.3 is 25.2 Å². The highest BCUT2D eigenvalue weighted by molar-refractivity contribution is 5.78. The maximum Gasteiger partial charge on any atom is 0.191 e. The fraction of sp³-hybridized carbons (Fsp3) is 0.533. The van der Waals surface area contributed by atoms with Crippen molar-refractivity contribution in [2.75, 3.05) is 27.8 Å². The molecule has 0 spiro atoms. The molecule has 0 amide bonds. The summed E-state index contributed by atoms with van der Waals surface area (Å²) in [6.45, 7) is 0.208. The quantitative estimate of drug-likeness (QED) is 0.607. The topological polar surface area (TPSA) is 80.3 Å². The molecule has 0 aliphatic heterocycles. The number of hydrogen-bond donors (Lipinski definition) is 2. The van der Waals surface area contributed by atoms with E-state index in [0.29, 0.717) is 29.1 Å². The molecule has 1 unspecified atom stereocenters. The van der Waals surface area contributed by atoms with Crippen molar-refractivity contribution < 1.29 is 14.6 Å². The molecule has 0 bridgehead atoms. The Balaban J connectivity index is 2.05. The van der Waals surface area contributed by atoms with Crippen molar-refractivity contribution in [2.45, 2.75) is 25.0 Å². The van der Waals surface area contributed by atoms with Crippen molar-refractivity contribution in [2.24, 2.45) is 10.7 Å². The lowest BCUT2D eigenvalue weighted by Gasteiger charge is -2.18. The van der Waals surface area contributed by atoms with E-state index >= 15 is 0 Å². The Labute approximate surface area is 125 Å². The van der Waals surface area contributed by atoms with Crippen LogP contribution in [0.4, 0.5) is 0 Å². The van der Waals surface area contributed by atoms with Crippen molar-refractivity contribution in [1.82, 2.24) is 4.90 Å². The Bertz CT molecular complexity index is 493. The standard InChI is InChI=1S/C15H23N3O3/c1-18(11-4-5-11)15(16)17-9-14(19)10-6-12(20-2)8-13(7-10)21-3/h6-8,11,14,19H,4-5,9H2,1-3H3,(H2,16,17). The zero-order valence-corrected chi connectivity index (χ0v) is 12.7. The van der Waals surface area contributed by atoms with E-state index in [9.17, 15) is 5.11 Å². The van der Waals surface area contributed by atoms with E-state index in [0.717, 1.165) is 12.8 Å². The lowest BCUT2D eigenvalue weighted by atomic mass is 10.1. The average Bonchev–Trinajstić information content (AvgIpc) is 3.35. The van der Waals surface area contributed by atoms with Gasteiger partial charge in [0.05, 0.1) is 26.9 Å². The minimum atomic E-state index is -0.750. The number of guanidine groups is 1. The SMILES string of the molecule is COc1cc(OC)cc(C(O)CN=C(N)N(C)C2CC2)c1. The molecule has 1 aliphatic rings. The van der Waals surface area contributed by atoms with Gasteiger partial charge in [-0.3, -0.25) is 4.99 Å². The number of benzene rings is 1. The second-order valence-corrected chi connectivity index (χ2v) is 5.20. The summed E-state index contributed by atoms with van der Waals surface area (Å²) in [6.07, 6.45) is 1.56. The van der Waals surface area contributed by atoms with Gasteiger partial charge in [0.15, 0.2) is 5.96 Å². The van der Waals surface area contributed by atoms with Crippen LogP contribution in [0.25, 0.3) is 0 Å². The molecule has 1 fully saturated rings. The summed E-state index contributed by atoms with van der Waals surface area (Å²) in [7, 11) is 5.08. The lowest BCUT2D eigenvalue weighted by molar-refractivity contribution is 0.186. The minimum Gasteiger partial charge on any atom is -0.497 e. The summed E-state index contributed by atoms with van der Waals surface area (Å²) < 4.78 is 10.4. The molecule has 1 saturated carbocycles. The molecular formula is C15H23N3O3. The first-order valence-corrected chi connectivity index (χ1v) is 6.99. The number of methoxy groups -OCH3 is 2. The molecule has 116 valence electrons. The zero-order valence-electron chi connectivity index (χ0n) is 12.7. The second kappa shape index (κ2) is 6.67. The summed E-state index contributed by atoms with van der Waals surface area (Å²) in [6, 6.07) is 5.80. The van der Waals surface area contributed by atoms with E-state index in [4.69, 9.17) is 15.2 Å². The largest absolute Gasteiger partial charge is 0.497 e. The van der Waals surface area contributed by atoms with Crippen LogP contribution < -0.4 is 15.2 Å². The van der Waals surface area contributed by atoms with Crippen LogP contribution in [0.5, 0.6) is 11.5 Å². The van der Waals surface area contributed by atoms with E-state index in [1.54, 1.807) is 32.4 Å². The zero-order chi connectivity index (χ0) is 15.4. The summed E-state index contributed by atoms with van der Waals surface area (Å²) in [5, 5.41) is 10.3. The highest BCUT2D eigenvalue weighted by Crippen LogP contribution is 2.27. The van der Waals surface area contributed by atoms with Gasteiger partial charge in [-0.2, -0.15) is 0 Å². The third-order valence-corrected chi connectivity index (χ3v) is 3.64. The van der Waals surface area contributed by atoms with E-state index < -0.39 is 6.10 Å². The van der Waals surface area contributed by atoms with Crippen LogP contribution in [-0.2, 0) is 0 Å². The normalized spacial score (nSPS) is 16.5. The second-order valence-electron chi connectivity index (χ2n) is 5.20. The number of nitrogens with two attached hydrogens (primary N) is 1. The predicted octanol–water partition coefficient (Wildman–Crippen LogP) is 1.15. The summed E-state index contributed by atoms with van der Waals surface area (Å²) in [4.78, 5) is 6.22. The molecule has 2 rings (SSSR count). The van der Waals surface area contributed by atoms with Crippen molar-refractivity contribution >= 4 is 5.96 Å². The number of hydrogen-bond acceptors (Lipinski definition) is 4. The van der Waals surface area contributed by atoms with Gasteiger partial charge in [0, 0.05) is 19.2 Å². The molecule has 3 N–H and O–H groups in total. The Kier molecular flexibility index (Phi) is 4.90. The van der Waals surface area contributed by atoms with Gasteiger partial charge in [-0.15, -0.1) is 0 Å². The maximum atomic E-state index is 10.3. The van der Waals surface area contributed by atoms with Crippen LogP contribution in [0.1, 0.15) is 24.5 Å². The van der Waals surface area contributed by atoms with Crippen LogP contribution in [0.2, 0.25) is 0 Å². The van der Waals surface area contributed by atoms with Gasteiger partial charge in [-0.25, -0.2) is 0 Å². The molecule has 0 radical (unpaired) electrons. The Morgan fingerprint density at radius 3 is 2.38 bits per heavy atom. The molecule has 1 aliphatic carbocycles. The molecule has 0 saturated heterocycles. The summed E-state index contributed by atoms with van der Waals surface area (Å²) in [5.74, 6) is 1.73. The molecule has 6 heteroatoms. The first-order valence-electron chi connectivity index (χ1n) is 6.99. The van der Waals surface area contributed by atoms with Gasteiger partial charge in [-0.1, -0.05) is 0 Å². The van der Waals surface area contributed by atoms with Crippen LogP contribution in [0, 0.1) is 0 Å². The number of aliphatic imine (C=N–C) groups is 1. The van der Waals surface area contributed by atoms with Crippen molar-refractivity contribution in [3.8, 4) is 11.5 Å².